The monoisotopic (exact) mass is 404 g/mol. The Kier molecular flexibility index (Phi) is 5.70. The second kappa shape index (κ2) is 8.18. The number of nitrogens with two attached hydrogens (primary N) is 1. The van der Waals surface area contributed by atoms with Gasteiger partial charge in [-0.15, -0.1) is 0 Å². The molecule has 9 heteroatoms. The second-order valence-electron chi connectivity index (χ2n) is 6.01. The van der Waals surface area contributed by atoms with Crippen molar-refractivity contribution in [1.82, 2.24) is 15.5 Å². The van der Waals surface area contributed by atoms with Crippen LogP contribution < -0.4 is 11.1 Å². The van der Waals surface area contributed by atoms with Crippen LogP contribution in [0.1, 0.15) is 28.4 Å². The zero-order chi connectivity index (χ0) is 20.3. The molecule has 1 atom stereocenters. The van der Waals surface area contributed by atoms with Gasteiger partial charge in [0.15, 0.2) is 0 Å². The van der Waals surface area contributed by atoms with Crippen LogP contribution in [0.15, 0.2) is 48.7 Å². The predicted molar refractivity (Wildman–Crippen MR) is 99.4 cm³/mol. The van der Waals surface area contributed by atoms with Crippen LogP contribution >= 0.6 is 11.6 Å². The van der Waals surface area contributed by atoms with Crippen molar-refractivity contribution in [2.75, 3.05) is 0 Å². The van der Waals surface area contributed by atoms with E-state index in [1.807, 2.05) is 0 Å². The van der Waals surface area contributed by atoms with E-state index in [0.29, 0.717) is 10.6 Å². The van der Waals surface area contributed by atoms with Crippen molar-refractivity contribution in [2.45, 2.75) is 12.5 Å². The Bertz CT molecular complexity index is 1020. The number of hydrogen-bond donors (Lipinski definition) is 3. The fourth-order valence-electron chi connectivity index (χ4n) is 2.80. The van der Waals surface area contributed by atoms with Gasteiger partial charge in [-0.3, -0.25) is 14.7 Å². The summed E-state index contributed by atoms with van der Waals surface area (Å²) in [5, 5.41) is 9.22. The van der Waals surface area contributed by atoms with E-state index in [1.165, 1.54) is 6.07 Å². The highest BCUT2D eigenvalue weighted by Crippen LogP contribution is 2.28. The summed E-state index contributed by atoms with van der Waals surface area (Å²) < 4.78 is 28.2. The Morgan fingerprint density at radius 1 is 1.18 bits per heavy atom. The highest BCUT2D eigenvalue weighted by molar-refractivity contribution is 6.30. The van der Waals surface area contributed by atoms with Gasteiger partial charge >= 0.3 is 0 Å². The lowest BCUT2D eigenvalue weighted by Crippen LogP contribution is -2.32. The Morgan fingerprint density at radius 2 is 1.86 bits per heavy atom. The van der Waals surface area contributed by atoms with Gasteiger partial charge in [0.05, 0.1) is 35.5 Å². The molecule has 0 bridgehead atoms. The Hall–Kier alpha value is -3.26. The van der Waals surface area contributed by atoms with Gasteiger partial charge in [-0.25, -0.2) is 8.78 Å². The number of H-pyrrole nitrogens is 1. The number of carbonyl (C=O) groups is 2. The van der Waals surface area contributed by atoms with Crippen molar-refractivity contribution in [3.8, 4) is 11.3 Å². The number of rotatable bonds is 6. The number of hydrogen-bond acceptors (Lipinski definition) is 3. The smallest absolute Gasteiger partial charge is 0.255 e. The third-order valence-electron chi connectivity index (χ3n) is 4.06. The Labute approximate surface area is 163 Å². The Morgan fingerprint density at radius 3 is 2.50 bits per heavy atom. The standard InChI is InChI=1S/C19H15ClF2N4O2/c20-11-4-1-3-10(7-11)15(8-16(23)27)25-19(28)12-9-24-26-18(12)17-13(21)5-2-6-14(17)22/h1-7,9,15H,8H2,(H2,23,27)(H,24,26)(H,25,28)/t15-/m1/s1. The SMILES string of the molecule is NC(=O)C[C@@H](NC(=O)c1cn[nH]c1-c1c(F)cccc1F)c1cccc(Cl)c1. The van der Waals surface area contributed by atoms with Gasteiger partial charge in [-0.05, 0) is 29.8 Å². The van der Waals surface area contributed by atoms with Crippen LogP contribution in [0.5, 0.6) is 0 Å². The molecule has 2 amide bonds. The molecule has 0 aliphatic carbocycles. The van der Waals surface area contributed by atoms with Crippen LogP contribution in [-0.2, 0) is 4.79 Å². The normalized spacial score (nSPS) is 11.8. The van der Waals surface area contributed by atoms with E-state index >= 15 is 0 Å². The van der Waals surface area contributed by atoms with Crippen LogP contribution in [-0.4, -0.2) is 22.0 Å². The summed E-state index contributed by atoms with van der Waals surface area (Å²) in [6.07, 6.45) is 0.961. The largest absolute Gasteiger partial charge is 0.370 e. The highest BCUT2D eigenvalue weighted by Gasteiger charge is 2.24. The minimum absolute atomic E-state index is 0.0829. The summed E-state index contributed by atoms with van der Waals surface area (Å²) in [7, 11) is 0. The first-order chi connectivity index (χ1) is 13.4. The first kappa shape index (κ1) is 19.5. The molecule has 1 heterocycles. The molecule has 0 aliphatic rings. The molecule has 0 unspecified atom stereocenters. The molecule has 144 valence electrons. The predicted octanol–water partition coefficient (Wildman–Crippen LogP) is 3.35. The molecule has 0 fully saturated rings. The maximum absolute atomic E-state index is 14.1. The lowest BCUT2D eigenvalue weighted by Gasteiger charge is -2.18. The molecule has 4 N–H and O–H groups in total. The number of amides is 2. The molecular formula is C19H15ClF2N4O2. The summed E-state index contributed by atoms with van der Waals surface area (Å²) in [6.45, 7) is 0. The van der Waals surface area contributed by atoms with E-state index in [-0.39, 0.29) is 17.7 Å². The highest BCUT2D eigenvalue weighted by atomic mass is 35.5. The van der Waals surface area contributed by atoms with Gasteiger partial charge in [0.25, 0.3) is 5.91 Å². The molecule has 1 aromatic heterocycles. The molecule has 3 aromatic rings. The first-order valence-electron chi connectivity index (χ1n) is 8.19. The number of primary amides is 1. The van der Waals surface area contributed by atoms with Crippen LogP contribution in [0.3, 0.4) is 0 Å². The van der Waals surface area contributed by atoms with E-state index in [0.717, 1.165) is 18.3 Å². The number of carbonyl (C=O) groups excluding carboxylic acids is 2. The van der Waals surface area contributed by atoms with Gasteiger partial charge < -0.3 is 11.1 Å². The summed E-state index contributed by atoms with van der Waals surface area (Å²) in [5.74, 6) is -3.01. The topological polar surface area (TPSA) is 101 Å². The van der Waals surface area contributed by atoms with E-state index in [2.05, 4.69) is 15.5 Å². The molecular weight excluding hydrogens is 390 g/mol. The maximum atomic E-state index is 14.1. The maximum Gasteiger partial charge on any atom is 0.255 e. The molecule has 2 aromatic carbocycles. The molecule has 0 radical (unpaired) electrons. The van der Waals surface area contributed by atoms with E-state index < -0.39 is 35.1 Å². The third-order valence-corrected chi connectivity index (χ3v) is 4.29. The van der Waals surface area contributed by atoms with Crippen LogP contribution in [0.25, 0.3) is 11.3 Å². The number of aromatic nitrogens is 2. The van der Waals surface area contributed by atoms with Gasteiger partial charge in [0.2, 0.25) is 5.91 Å². The molecule has 0 saturated carbocycles. The van der Waals surface area contributed by atoms with Crippen molar-refractivity contribution in [2.24, 2.45) is 5.73 Å². The minimum atomic E-state index is -0.846. The van der Waals surface area contributed by atoms with Crippen LogP contribution in [0.4, 0.5) is 8.78 Å². The average molecular weight is 405 g/mol. The molecule has 0 saturated heterocycles. The van der Waals surface area contributed by atoms with Gasteiger partial charge in [-0.1, -0.05) is 29.8 Å². The first-order valence-corrected chi connectivity index (χ1v) is 8.57. The van der Waals surface area contributed by atoms with Crippen molar-refractivity contribution >= 4 is 23.4 Å². The lowest BCUT2D eigenvalue weighted by molar-refractivity contribution is -0.118. The summed E-state index contributed by atoms with van der Waals surface area (Å²) >= 11 is 5.97. The van der Waals surface area contributed by atoms with Crippen LogP contribution in [0.2, 0.25) is 5.02 Å². The second-order valence-corrected chi connectivity index (χ2v) is 6.44. The molecule has 6 nitrogen and oxygen atoms in total. The van der Waals surface area contributed by atoms with Crippen LogP contribution in [0, 0.1) is 11.6 Å². The third kappa shape index (κ3) is 4.17. The number of benzene rings is 2. The molecule has 0 aliphatic heterocycles. The number of aromatic amines is 1. The Balaban J connectivity index is 1.94. The lowest BCUT2D eigenvalue weighted by atomic mass is 10.0. The number of halogens is 3. The fraction of sp³-hybridized carbons (Fsp3) is 0.105. The quantitative estimate of drug-likeness (QED) is 0.587. The zero-order valence-electron chi connectivity index (χ0n) is 14.4. The van der Waals surface area contributed by atoms with Gasteiger partial charge in [-0.2, -0.15) is 5.10 Å². The van der Waals surface area contributed by atoms with E-state index in [1.54, 1.807) is 24.3 Å². The average Bonchev–Trinajstić information content (AvgIpc) is 3.10. The number of nitrogens with zero attached hydrogens (tertiary/aromatic N) is 1. The van der Waals surface area contributed by atoms with Gasteiger partial charge in [0.1, 0.15) is 11.6 Å². The fourth-order valence-corrected chi connectivity index (χ4v) is 3.00. The summed E-state index contributed by atoms with van der Waals surface area (Å²) in [5.41, 5.74) is 5.24. The number of nitrogens with one attached hydrogen (secondary N) is 2. The van der Waals surface area contributed by atoms with Gasteiger partial charge in [0, 0.05) is 5.02 Å². The van der Waals surface area contributed by atoms with Crippen molar-refractivity contribution in [3.63, 3.8) is 0 Å². The molecule has 0 spiro atoms. The summed E-state index contributed by atoms with van der Waals surface area (Å²) in [6, 6.07) is 9.14. The molecule has 3 rings (SSSR count). The van der Waals surface area contributed by atoms with Crippen molar-refractivity contribution < 1.29 is 18.4 Å². The molecule has 28 heavy (non-hydrogen) atoms. The minimum Gasteiger partial charge on any atom is -0.370 e. The van der Waals surface area contributed by atoms with Crippen molar-refractivity contribution in [1.29, 1.82) is 0 Å². The van der Waals surface area contributed by atoms with E-state index in [9.17, 15) is 18.4 Å². The zero-order valence-corrected chi connectivity index (χ0v) is 15.1. The summed E-state index contributed by atoms with van der Waals surface area (Å²) in [4.78, 5) is 24.2. The van der Waals surface area contributed by atoms with Crippen molar-refractivity contribution in [3.05, 3.63) is 76.4 Å². The van der Waals surface area contributed by atoms with E-state index in [4.69, 9.17) is 17.3 Å².